The number of ether oxygens (including phenoxy) is 1. The second kappa shape index (κ2) is 4.67. The molecule has 3 rings (SSSR count). The van der Waals surface area contributed by atoms with E-state index in [2.05, 4.69) is 0 Å². The molecular weight excluding hydrogens is 250 g/mol. The van der Waals surface area contributed by atoms with E-state index in [1.807, 2.05) is 24.3 Å². The van der Waals surface area contributed by atoms with Gasteiger partial charge in [0, 0.05) is 5.56 Å². The van der Waals surface area contributed by atoms with Gasteiger partial charge in [-0.1, -0.05) is 12.1 Å². The minimum atomic E-state index is -0.293. The molecule has 1 unspecified atom stereocenters. The molecule has 0 radical (unpaired) electrons. The predicted molar refractivity (Wildman–Crippen MR) is 69.8 cm³/mol. The van der Waals surface area contributed by atoms with Crippen molar-refractivity contribution < 1.29 is 9.15 Å². The standard InChI is InChI=1S/C14H14ClNO2/c15-14-12(6-7-17-14)13(16)9-2-1-3-11(8-9)18-10-4-5-10/h1-3,6-8,10,13H,4-5,16H2. The van der Waals surface area contributed by atoms with Crippen molar-refractivity contribution in [1.82, 2.24) is 0 Å². The SMILES string of the molecule is NC(c1cccc(OC2CC2)c1)c1ccoc1Cl. The molecule has 1 aromatic heterocycles. The summed E-state index contributed by atoms with van der Waals surface area (Å²) in [6, 6.07) is 9.33. The van der Waals surface area contributed by atoms with Crippen molar-refractivity contribution in [2.45, 2.75) is 25.0 Å². The smallest absolute Gasteiger partial charge is 0.198 e. The summed E-state index contributed by atoms with van der Waals surface area (Å²) >= 11 is 5.94. The highest BCUT2D eigenvalue weighted by molar-refractivity contribution is 6.29. The van der Waals surface area contributed by atoms with Gasteiger partial charge in [-0.25, -0.2) is 0 Å². The Hall–Kier alpha value is -1.45. The first-order valence-electron chi connectivity index (χ1n) is 5.99. The van der Waals surface area contributed by atoms with E-state index in [1.165, 1.54) is 0 Å². The van der Waals surface area contributed by atoms with Crippen molar-refractivity contribution in [2.24, 2.45) is 5.73 Å². The minimum Gasteiger partial charge on any atom is -0.490 e. The van der Waals surface area contributed by atoms with E-state index in [0.29, 0.717) is 11.3 Å². The number of benzene rings is 1. The van der Waals surface area contributed by atoms with Gasteiger partial charge in [0.25, 0.3) is 0 Å². The van der Waals surface area contributed by atoms with Gasteiger partial charge in [-0.3, -0.25) is 0 Å². The van der Waals surface area contributed by atoms with Crippen molar-refractivity contribution in [2.75, 3.05) is 0 Å². The monoisotopic (exact) mass is 263 g/mol. The summed E-state index contributed by atoms with van der Waals surface area (Å²) in [5.41, 5.74) is 7.94. The van der Waals surface area contributed by atoms with E-state index in [-0.39, 0.29) is 6.04 Å². The Morgan fingerprint density at radius 2 is 2.17 bits per heavy atom. The van der Waals surface area contributed by atoms with Crippen LogP contribution in [0.4, 0.5) is 0 Å². The van der Waals surface area contributed by atoms with Crippen molar-refractivity contribution >= 4 is 11.6 Å². The van der Waals surface area contributed by atoms with Crippen LogP contribution < -0.4 is 10.5 Å². The van der Waals surface area contributed by atoms with Crippen LogP contribution in [0.25, 0.3) is 0 Å². The van der Waals surface area contributed by atoms with Gasteiger partial charge in [-0.2, -0.15) is 0 Å². The maximum Gasteiger partial charge on any atom is 0.198 e. The maximum atomic E-state index is 6.18. The zero-order valence-corrected chi connectivity index (χ0v) is 10.6. The highest BCUT2D eigenvalue weighted by Gasteiger charge is 2.24. The first-order chi connectivity index (χ1) is 8.74. The molecule has 18 heavy (non-hydrogen) atoms. The fourth-order valence-electron chi connectivity index (χ4n) is 1.87. The zero-order valence-electron chi connectivity index (χ0n) is 9.80. The summed E-state index contributed by atoms with van der Waals surface area (Å²) in [7, 11) is 0. The van der Waals surface area contributed by atoms with E-state index in [9.17, 15) is 0 Å². The number of nitrogens with two attached hydrogens (primary N) is 1. The van der Waals surface area contributed by atoms with Crippen LogP contribution in [0.1, 0.15) is 30.0 Å². The Bertz CT molecular complexity index is 548. The van der Waals surface area contributed by atoms with Gasteiger partial charge in [-0.15, -0.1) is 0 Å². The van der Waals surface area contributed by atoms with E-state index < -0.39 is 0 Å². The Labute approximate surface area is 110 Å². The van der Waals surface area contributed by atoms with Crippen molar-refractivity contribution in [3.05, 3.63) is 52.9 Å². The molecule has 2 N–H and O–H groups in total. The Morgan fingerprint density at radius 1 is 1.33 bits per heavy atom. The molecule has 1 heterocycles. The largest absolute Gasteiger partial charge is 0.490 e. The Morgan fingerprint density at radius 3 is 2.83 bits per heavy atom. The fraction of sp³-hybridized carbons (Fsp3) is 0.286. The van der Waals surface area contributed by atoms with Crippen LogP contribution in [0.2, 0.25) is 5.22 Å². The molecule has 1 fully saturated rings. The molecule has 0 spiro atoms. The lowest BCUT2D eigenvalue weighted by Gasteiger charge is -2.12. The van der Waals surface area contributed by atoms with Crippen molar-refractivity contribution in [1.29, 1.82) is 0 Å². The third-order valence-electron chi connectivity index (χ3n) is 3.03. The minimum absolute atomic E-state index is 0.293. The predicted octanol–water partition coefficient (Wildman–Crippen LogP) is 3.52. The van der Waals surface area contributed by atoms with Crippen LogP contribution in [-0.4, -0.2) is 6.10 Å². The summed E-state index contributed by atoms with van der Waals surface area (Å²) < 4.78 is 10.8. The van der Waals surface area contributed by atoms with Crippen molar-refractivity contribution in [3.8, 4) is 5.75 Å². The molecule has 0 amide bonds. The molecule has 1 aliphatic rings. The number of hydrogen-bond donors (Lipinski definition) is 1. The number of halogens is 1. The lowest BCUT2D eigenvalue weighted by Crippen LogP contribution is -2.11. The molecule has 0 saturated heterocycles. The summed E-state index contributed by atoms with van der Waals surface area (Å²) in [6.07, 6.45) is 4.21. The number of hydrogen-bond acceptors (Lipinski definition) is 3. The lowest BCUT2D eigenvalue weighted by atomic mass is 10.0. The first-order valence-corrected chi connectivity index (χ1v) is 6.37. The molecule has 0 bridgehead atoms. The van der Waals surface area contributed by atoms with Crippen LogP contribution in [0.3, 0.4) is 0 Å². The molecular formula is C14H14ClNO2. The van der Waals surface area contributed by atoms with Gasteiger partial charge in [0.15, 0.2) is 5.22 Å². The summed E-state index contributed by atoms with van der Waals surface area (Å²) in [6.45, 7) is 0. The van der Waals surface area contributed by atoms with Crippen LogP contribution in [0, 0.1) is 0 Å². The molecule has 4 heteroatoms. The second-order valence-electron chi connectivity index (χ2n) is 4.52. The average Bonchev–Trinajstić information content (AvgIpc) is 3.08. The third kappa shape index (κ3) is 2.37. The maximum absolute atomic E-state index is 6.18. The Kier molecular flexibility index (Phi) is 3.02. The van der Waals surface area contributed by atoms with Crippen LogP contribution in [0.15, 0.2) is 41.0 Å². The summed E-state index contributed by atoms with van der Waals surface area (Å²) in [5, 5.41) is 0.344. The molecule has 1 aliphatic carbocycles. The normalized spacial score (nSPS) is 16.6. The lowest BCUT2D eigenvalue weighted by molar-refractivity contribution is 0.303. The molecule has 2 aromatic rings. The highest BCUT2D eigenvalue weighted by atomic mass is 35.5. The van der Waals surface area contributed by atoms with Crippen molar-refractivity contribution in [3.63, 3.8) is 0 Å². The first kappa shape index (κ1) is 11.6. The van der Waals surface area contributed by atoms with Crippen LogP contribution in [0.5, 0.6) is 5.75 Å². The topological polar surface area (TPSA) is 48.4 Å². The van der Waals surface area contributed by atoms with E-state index in [4.69, 9.17) is 26.5 Å². The summed E-state index contributed by atoms with van der Waals surface area (Å²) in [4.78, 5) is 0. The van der Waals surface area contributed by atoms with Gasteiger partial charge in [0.2, 0.25) is 0 Å². The molecule has 1 atom stereocenters. The zero-order chi connectivity index (χ0) is 12.5. The summed E-state index contributed by atoms with van der Waals surface area (Å²) in [5.74, 6) is 0.866. The van der Waals surface area contributed by atoms with Crippen LogP contribution >= 0.6 is 11.6 Å². The van der Waals surface area contributed by atoms with Gasteiger partial charge in [0.1, 0.15) is 5.75 Å². The molecule has 1 aromatic carbocycles. The molecule has 94 valence electrons. The van der Waals surface area contributed by atoms with Gasteiger partial charge in [-0.05, 0) is 48.2 Å². The van der Waals surface area contributed by atoms with Crippen LogP contribution in [-0.2, 0) is 0 Å². The molecule has 3 nitrogen and oxygen atoms in total. The van der Waals surface area contributed by atoms with Gasteiger partial charge in [0.05, 0.1) is 18.4 Å². The second-order valence-corrected chi connectivity index (χ2v) is 4.86. The Balaban J connectivity index is 1.84. The molecule has 1 saturated carbocycles. The van der Waals surface area contributed by atoms with E-state index in [0.717, 1.165) is 29.7 Å². The van der Waals surface area contributed by atoms with Gasteiger partial charge < -0.3 is 14.9 Å². The van der Waals surface area contributed by atoms with Gasteiger partial charge >= 0.3 is 0 Å². The highest BCUT2D eigenvalue weighted by Crippen LogP contribution is 2.31. The van der Waals surface area contributed by atoms with E-state index >= 15 is 0 Å². The number of furan rings is 1. The quantitative estimate of drug-likeness (QED) is 0.918. The van der Waals surface area contributed by atoms with E-state index in [1.54, 1.807) is 12.3 Å². The average molecular weight is 264 g/mol. The fourth-order valence-corrected chi connectivity index (χ4v) is 2.10. The number of rotatable bonds is 4. The molecule has 0 aliphatic heterocycles. The third-order valence-corrected chi connectivity index (χ3v) is 3.33.